The van der Waals surface area contributed by atoms with Gasteiger partial charge in [0.25, 0.3) is 0 Å². The molecule has 4 aromatic carbocycles. The van der Waals surface area contributed by atoms with Crippen LogP contribution in [-0.4, -0.2) is 52.0 Å². The number of carbonyl (C=O) groups is 3. The molecule has 4 N–H and O–H groups in total. The van der Waals surface area contributed by atoms with Crippen LogP contribution in [-0.2, 0) is 27.9 Å². The maximum Gasteiger partial charge on any atom is 0.240 e. The molecule has 11 nitrogen and oxygen atoms in total. The van der Waals surface area contributed by atoms with Crippen LogP contribution in [0.1, 0.15) is 50.5 Å². The lowest BCUT2D eigenvalue weighted by Crippen LogP contribution is -2.35. The van der Waals surface area contributed by atoms with Gasteiger partial charge < -0.3 is 35.1 Å². The quantitative estimate of drug-likeness (QED) is 0.0537. The maximum atomic E-state index is 15.4. The molecule has 0 unspecified atom stereocenters. The van der Waals surface area contributed by atoms with Gasteiger partial charge in [-0.1, -0.05) is 49.2 Å². The number of hydrogen-bond donors (Lipinski definition) is 3. The van der Waals surface area contributed by atoms with Crippen molar-refractivity contribution in [3.8, 4) is 23.0 Å². The fourth-order valence-corrected chi connectivity index (χ4v) is 7.94. The van der Waals surface area contributed by atoms with Gasteiger partial charge in [0, 0.05) is 65.0 Å². The van der Waals surface area contributed by atoms with Crippen molar-refractivity contribution in [3.05, 3.63) is 115 Å². The number of nitrogens with two attached hydrogens (primary N) is 1. The number of anilines is 2. The Hall–Kier alpha value is -5.99. The minimum atomic E-state index is -1.30. The van der Waals surface area contributed by atoms with E-state index in [1.165, 1.54) is 55.3 Å². The van der Waals surface area contributed by atoms with Gasteiger partial charge in [-0.2, -0.15) is 0 Å². The lowest BCUT2D eigenvalue weighted by atomic mass is 10.0. The lowest BCUT2D eigenvalue weighted by molar-refractivity contribution is -0.131. The van der Waals surface area contributed by atoms with Crippen LogP contribution in [0, 0.1) is 17.0 Å². The number of para-hydroxylation sites is 1. The number of aromatic nitrogens is 2. The van der Waals surface area contributed by atoms with E-state index in [2.05, 4.69) is 38.5 Å². The second kappa shape index (κ2) is 18.9. The highest BCUT2D eigenvalue weighted by molar-refractivity contribution is 8.13. The number of fused-ring (bicyclic) bond motifs is 2. The van der Waals surface area contributed by atoms with E-state index >= 15 is 4.39 Å². The standard InChI is InChI=1S/C46H47F2N5O6S/c1-53-28-29(33-10-6-7-11-38(33)53)24-36(49)43(54)60-23-9-5-3-4-8-22-58-42-27-37-34(26-41(42)57-2)39(18-21-50-37)59-40-17-16-32(25-35(40)48)52-45(56)46(19-20-46)44(55)51-31-14-12-30(47)13-15-31/h6-7,10-18,21,25-28,36H,3-5,8-9,19-20,22-24,49H2,1-2H3,(H,51,55)(H,52,56)/t36-/m1/s1. The van der Waals surface area contributed by atoms with Crippen LogP contribution in [0.2, 0.25) is 0 Å². The molecule has 1 atom stereocenters. The van der Waals surface area contributed by atoms with Crippen molar-refractivity contribution in [1.29, 1.82) is 0 Å². The number of ether oxygens (including phenoxy) is 3. The molecule has 2 amide bonds. The van der Waals surface area contributed by atoms with Gasteiger partial charge >= 0.3 is 0 Å². The molecule has 312 valence electrons. The van der Waals surface area contributed by atoms with Crippen molar-refractivity contribution in [2.45, 2.75) is 57.4 Å². The Morgan fingerprint density at radius 3 is 2.30 bits per heavy atom. The fraction of sp³-hybridized carbons (Fsp3) is 0.304. The third-order valence-electron chi connectivity index (χ3n) is 10.6. The number of nitrogens with zero attached hydrogens (tertiary/aromatic N) is 2. The van der Waals surface area contributed by atoms with Crippen molar-refractivity contribution in [1.82, 2.24) is 9.55 Å². The Kier molecular flexibility index (Phi) is 13.3. The average Bonchev–Trinajstić information content (AvgIpc) is 4.01. The topological polar surface area (TPSA) is 147 Å². The molecule has 0 saturated heterocycles. The van der Waals surface area contributed by atoms with Crippen LogP contribution in [0.5, 0.6) is 23.0 Å². The van der Waals surface area contributed by atoms with Crippen molar-refractivity contribution < 1.29 is 37.4 Å². The van der Waals surface area contributed by atoms with Gasteiger partial charge in [-0.3, -0.25) is 19.4 Å². The predicted octanol–water partition coefficient (Wildman–Crippen LogP) is 9.32. The summed E-state index contributed by atoms with van der Waals surface area (Å²) in [5.41, 5.74) is 8.30. The van der Waals surface area contributed by atoms with E-state index in [9.17, 15) is 18.8 Å². The average molecular weight is 836 g/mol. The van der Waals surface area contributed by atoms with Gasteiger partial charge in [0.15, 0.2) is 23.1 Å². The van der Waals surface area contributed by atoms with Crippen molar-refractivity contribution in [3.63, 3.8) is 0 Å². The smallest absolute Gasteiger partial charge is 0.240 e. The Morgan fingerprint density at radius 2 is 1.55 bits per heavy atom. The van der Waals surface area contributed by atoms with E-state index in [0.717, 1.165) is 60.4 Å². The second-order valence-electron chi connectivity index (χ2n) is 15.0. The zero-order valence-corrected chi connectivity index (χ0v) is 34.3. The first-order chi connectivity index (χ1) is 29.0. The number of benzene rings is 4. The van der Waals surface area contributed by atoms with E-state index in [1.807, 2.05) is 19.2 Å². The van der Waals surface area contributed by atoms with Crippen LogP contribution in [0.3, 0.4) is 0 Å². The first kappa shape index (κ1) is 42.1. The number of halogens is 2. The van der Waals surface area contributed by atoms with Gasteiger partial charge in [0.2, 0.25) is 16.9 Å². The SMILES string of the molecule is COc1cc2c(Oc3ccc(NC(=O)C4(C(=O)Nc5ccc(F)cc5)CC4)cc3F)ccnc2cc1OCCCCCCCSC(=O)[C@H](N)Cc1cn(C)c2ccccc12. The van der Waals surface area contributed by atoms with E-state index in [1.54, 1.807) is 24.4 Å². The highest BCUT2D eigenvalue weighted by Crippen LogP contribution is 2.48. The van der Waals surface area contributed by atoms with E-state index in [-0.39, 0.29) is 16.6 Å². The summed E-state index contributed by atoms with van der Waals surface area (Å²) in [6.07, 6.45) is 9.53. The number of hydrogen-bond acceptors (Lipinski definition) is 9. The van der Waals surface area contributed by atoms with Gasteiger partial charge in [-0.05, 0) is 92.3 Å². The Morgan fingerprint density at radius 1 is 0.833 bits per heavy atom. The summed E-state index contributed by atoms with van der Waals surface area (Å²) >= 11 is 1.32. The molecule has 0 aliphatic heterocycles. The third kappa shape index (κ3) is 9.88. The van der Waals surface area contributed by atoms with Gasteiger partial charge in [-0.15, -0.1) is 0 Å². The van der Waals surface area contributed by atoms with Gasteiger partial charge in [0.05, 0.1) is 25.3 Å². The molecule has 0 radical (unpaired) electrons. The van der Waals surface area contributed by atoms with Gasteiger partial charge in [-0.25, -0.2) is 8.78 Å². The minimum absolute atomic E-state index is 0.0235. The first-order valence-corrected chi connectivity index (χ1v) is 20.9. The second-order valence-corrected chi connectivity index (χ2v) is 16.0. The third-order valence-corrected chi connectivity index (χ3v) is 11.7. The molecule has 1 saturated carbocycles. The van der Waals surface area contributed by atoms with Gasteiger partial charge in [0.1, 0.15) is 17.0 Å². The van der Waals surface area contributed by atoms with E-state index < -0.39 is 34.9 Å². The number of carbonyl (C=O) groups excluding carboxylic acids is 3. The summed E-state index contributed by atoms with van der Waals surface area (Å²) < 4.78 is 48.4. The minimum Gasteiger partial charge on any atom is -0.493 e. The molecule has 1 aliphatic rings. The Labute approximate surface area is 351 Å². The molecule has 1 aliphatic carbocycles. The molecule has 6 aromatic rings. The first-order valence-electron chi connectivity index (χ1n) is 20.0. The largest absolute Gasteiger partial charge is 0.493 e. The summed E-state index contributed by atoms with van der Waals surface area (Å²) in [5, 5.41) is 7.03. The van der Waals surface area contributed by atoms with Crippen LogP contribution in [0.25, 0.3) is 21.8 Å². The lowest BCUT2D eigenvalue weighted by Gasteiger charge is -2.16. The molecule has 0 bridgehead atoms. The molecule has 2 heterocycles. The summed E-state index contributed by atoms with van der Waals surface area (Å²) in [5.74, 6) is -0.256. The zero-order chi connectivity index (χ0) is 42.2. The fourth-order valence-electron chi connectivity index (χ4n) is 7.09. The van der Waals surface area contributed by atoms with Crippen molar-refractivity contribution in [2.24, 2.45) is 18.2 Å². The summed E-state index contributed by atoms with van der Waals surface area (Å²) in [4.78, 5) is 43.2. The number of pyridine rings is 1. The molecule has 0 spiro atoms. The molecule has 60 heavy (non-hydrogen) atoms. The number of methoxy groups -OCH3 is 1. The molecule has 7 rings (SSSR count). The monoisotopic (exact) mass is 835 g/mol. The molecular weight excluding hydrogens is 789 g/mol. The van der Waals surface area contributed by atoms with Crippen LogP contribution < -0.4 is 30.6 Å². The number of amides is 2. The molecular formula is C46H47F2N5O6S. The number of unbranched alkanes of at least 4 members (excludes halogenated alkanes) is 4. The summed E-state index contributed by atoms with van der Waals surface area (Å²) in [6.45, 7) is 0.475. The van der Waals surface area contributed by atoms with Crippen LogP contribution in [0.15, 0.2) is 97.3 Å². The summed E-state index contributed by atoms with van der Waals surface area (Å²) in [6, 6.07) is 22.0. The van der Waals surface area contributed by atoms with Crippen LogP contribution in [0.4, 0.5) is 20.2 Å². The molecule has 1 fully saturated rings. The maximum absolute atomic E-state index is 15.4. The Bertz CT molecular complexity index is 2510. The number of thioether (sulfide) groups is 1. The zero-order valence-electron chi connectivity index (χ0n) is 33.5. The predicted molar refractivity (Wildman–Crippen MR) is 231 cm³/mol. The highest BCUT2D eigenvalue weighted by Gasteiger charge is 2.56. The normalized spacial score (nSPS) is 13.5. The number of nitrogens with one attached hydrogen (secondary N) is 2. The molecule has 2 aromatic heterocycles. The van der Waals surface area contributed by atoms with E-state index in [4.69, 9.17) is 19.9 Å². The van der Waals surface area contributed by atoms with Crippen molar-refractivity contribution in [2.75, 3.05) is 30.1 Å². The number of aryl methyl sites for hydroxylation is 1. The molecule has 14 heteroatoms. The Balaban J connectivity index is 0.850. The van der Waals surface area contributed by atoms with E-state index in [0.29, 0.717) is 59.7 Å². The van der Waals surface area contributed by atoms with Crippen molar-refractivity contribution >= 4 is 61.9 Å². The van der Waals surface area contributed by atoms with Crippen LogP contribution >= 0.6 is 11.8 Å². The summed E-state index contributed by atoms with van der Waals surface area (Å²) in [7, 11) is 3.54. The highest BCUT2D eigenvalue weighted by atomic mass is 32.2. The number of rotatable bonds is 19.